The van der Waals surface area contributed by atoms with Crippen LogP contribution in [-0.4, -0.2) is 68.4 Å². The largest absolute Gasteiger partial charge is 0.477 e. The summed E-state index contributed by atoms with van der Waals surface area (Å²) < 4.78 is 35.1. The van der Waals surface area contributed by atoms with Gasteiger partial charge >= 0.3 is 0 Å². The van der Waals surface area contributed by atoms with Crippen LogP contribution in [0, 0.1) is 11.8 Å². The van der Waals surface area contributed by atoms with E-state index >= 15 is 0 Å². The van der Waals surface area contributed by atoms with Crippen molar-refractivity contribution >= 4 is 38.8 Å². The third-order valence-corrected chi connectivity index (χ3v) is 8.96. The quantitative estimate of drug-likeness (QED) is 0.636. The average molecular weight is 499 g/mol. The van der Waals surface area contributed by atoms with Crippen molar-refractivity contribution in [2.24, 2.45) is 16.8 Å². The summed E-state index contributed by atoms with van der Waals surface area (Å²) in [6.45, 7) is 4.76. The number of sulfonamides is 1. The molecule has 2 amide bonds. The van der Waals surface area contributed by atoms with Gasteiger partial charge in [0.25, 0.3) is 11.8 Å². The molecule has 4 aliphatic heterocycles. The molecule has 0 aliphatic carbocycles. The third kappa shape index (κ3) is 3.79. The summed E-state index contributed by atoms with van der Waals surface area (Å²) in [5.41, 5.74) is 2.04. The first kappa shape index (κ1) is 23.7. The first-order chi connectivity index (χ1) is 16.6. The zero-order valence-corrected chi connectivity index (χ0v) is 21.2. The minimum Gasteiger partial charge on any atom is -0.477 e. The van der Waals surface area contributed by atoms with E-state index in [2.05, 4.69) is 4.99 Å². The van der Waals surface area contributed by atoms with Crippen LogP contribution in [0.4, 0.5) is 5.69 Å². The van der Waals surface area contributed by atoms with Crippen LogP contribution in [0.25, 0.3) is 5.57 Å². The van der Waals surface area contributed by atoms with Crippen LogP contribution in [0.2, 0.25) is 0 Å². The Bertz CT molecular complexity index is 1290. The van der Waals surface area contributed by atoms with Gasteiger partial charge in [-0.3, -0.25) is 14.6 Å². The lowest BCUT2D eigenvalue weighted by Crippen LogP contribution is -2.47. The molecule has 2 unspecified atom stereocenters. The lowest BCUT2D eigenvalue weighted by atomic mass is 9.86. The van der Waals surface area contributed by atoms with Gasteiger partial charge in [0.1, 0.15) is 5.71 Å². The summed E-state index contributed by atoms with van der Waals surface area (Å²) in [7, 11) is -0.497. The number of carbonyl (C=O) groups is 2. The summed E-state index contributed by atoms with van der Waals surface area (Å²) in [4.78, 5) is 33.1. The van der Waals surface area contributed by atoms with Crippen molar-refractivity contribution in [1.82, 2.24) is 9.21 Å². The van der Waals surface area contributed by atoms with Crippen LogP contribution < -0.4 is 9.64 Å². The number of anilines is 1. The highest BCUT2D eigenvalue weighted by Gasteiger charge is 2.41. The summed E-state index contributed by atoms with van der Waals surface area (Å²) in [6.07, 6.45) is 7.07. The smallest absolute Gasteiger partial charge is 0.272 e. The Morgan fingerprint density at radius 2 is 1.80 bits per heavy atom. The van der Waals surface area contributed by atoms with E-state index in [0.717, 1.165) is 19.3 Å². The number of piperidine rings is 1. The number of fused-ring (bicyclic) bond motifs is 2. The van der Waals surface area contributed by atoms with Crippen molar-refractivity contribution in [3.63, 3.8) is 0 Å². The Morgan fingerprint density at radius 3 is 2.49 bits per heavy atom. The second-order valence-corrected chi connectivity index (χ2v) is 11.7. The third-order valence-electron chi connectivity index (χ3n) is 7.09. The molecule has 1 aromatic carbocycles. The number of amides is 2. The van der Waals surface area contributed by atoms with Gasteiger partial charge in [0.05, 0.1) is 16.5 Å². The highest BCUT2D eigenvalue weighted by atomic mass is 32.2. The fourth-order valence-electron chi connectivity index (χ4n) is 5.07. The zero-order chi connectivity index (χ0) is 25.1. The minimum atomic E-state index is -3.79. The van der Waals surface area contributed by atoms with Crippen LogP contribution in [0.5, 0.6) is 5.75 Å². The second kappa shape index (κ2) is 8.60. The van der Waals surface area contributed by atoms with Crippen molar-refractivity contribution in [3.05, 3.63) is 36.2 Å². The molecule has 0 aromatic heterocycles. The molecule has 4 aliphatic rings. The lowest BCUT2D eigenvalue weighted by molar-refractivity contribution is -0.127. The maximum Gasteiger partial charge on any atom is 0.272 e. The van der Waals surface area contributed by atoms with Gasteiger partial charge < -0.3 is 14.5 Å². The maximum absolute atomic E-state index is 13.7. The van der Waals surface area contributed by atoms with Crippen molar-refractivity contribution in [2.75, 3.05) is 32.1 Å². The predicted octanol–water partition coefficient (Wildman–Crippen LogP) is 2.64. The Hall–Kier alpha value is -2.98. The molecule has 0 spiro atoms. The van der Waals surface area contributed by atoms with Crippen LogP contribution in [-0.2, 0) is 19.6 Å². The molecule has 0 radical (unpaired) electrons. The van der Waals surface area contributed by atoms with Crippen molar-refractivity contribution < 1.29 is 22.7 Å². The van der Waals surface area contributed by atoms with Gasteiger partial charge in [-0.15, -0.1) is 0 Å². The molecule has 35 heavy (non-hydrogen) atoms. The van der Waals surface area contributed by atoms with E-state index in [1.165, 1.54) is 20.2 Å². The van der Waals surface area contributed by atoms with Crippen molar-refractivity contribution in [2.45, 2.75) is 44.1 Å². The van der Waals surface area contributed by atoms with E-state index in [4.69, 9.17) is 4.74 Å². The Labute approximate surface area is 205 Å². The number of allylic oxidation sites excluding steroid dienone is 2. The molecule has 0 saturated carbocycles. The molecular weight excluding hydrogens is 468 g/mol. The predicted molar refractivity (Wildman–Crippen MR) is 133 cm³/mol. The van der Waals surface area contributed by atoms with Gasteiger partial charge in [-0.1, -0.05) is 26.3 Å². The summed E-state index contributed by atoms with van der Waals surface area (Å²) >= 11 is 0. The van der Waals surface area contributed by atoms with Gasteiger partial charge in [-0.05, 0) is 36.5 Å². The normalized spacial score (nSPS) is 24.8. The molecule has 186 valence electrons. The SMILES string of the molecule is CC(C)C1Oc2c(C3=CN(C)C(=O)C4=NC=CC34)cc(S(=O)(=O)N3CCCCC3)cc2N(C)C1=O. The van der Waals surface area contributed by atoms with Crippen LogP contribution in [0.1, 0.15) is 38.7 Å². The number of ether oxygens (including phenoxy) is 1. The van der Waals surface area contributed by atoms with Crippen molar-refractivity contribution in [1.29, 1.82) is 0 Å². The first-order valence-corrected chi connectivity index (χ1v) is 13.4. The Morgan fingerprint density at radius 1 is 1.09 bits per heavy atom. The van der Waals surface area contributed by atoms with Crippen LogP contribution >= 0.6 is 0 Å². The lowest BCUT2D eigenvalue weighted by Gasteiger charge is -2.37. The highest BCUT2D eigenvalue weighted by Crippen LogP contribution is 2.46. The number of hydrogen-bond donors (Lipinski definition) is 0. The first-order valence-electron chi connectivity index (χ1n) is 12.0. The second-order valence-electron chi connectivity index (χ2n) is 9.80. The molecule has 5 rings (SSSR count). The fourth-order valence-corrected chi connectivity index (χ4v) is 6.64. The topological polar surface area (TPSA) is 99.6 Å². The Balaban J connectivity index is 1.73. The maximum atomic E-state index is 13.7. The fraction of sp³-hybridized carbons (Fsp3) is 0.480. The standard InChI is InChI=1S/C25H30N4O5S/c1-15(2)22-25(31)28(4)20-13-16(35(32,33)29-10-6-5-7-11-29)12-18(23(20)34-22)19-14-27(3)24(30)21-17(19)8-9-26-21/h8-9,12-15,17,22H,5-7,10-11H2,1-4H3. The molecule has 9 nitrogen and oxygen atoms in total. The summed E-state index contributed by atoms with van der Waals surface area (Å²) in [5.74, 6) is -0.491. The van der Waals surface area contributed by atoms with E-state index in [0.29, 0.717) is 41.4 Å². The van der Waals surface area contributed by atoms with E-state index in [1.807, 2.05) is 19.9 Å². The molecule has 1 saturated heterocycles. The Kier molecular flexibility index (Phi) is 5.83. The molecule has 10 heteroatoms. The van der Waals surface area contributed by atoms with Crippen molar-refractivity contribution in [3.8, 4) is 5.75 Å². The van der Waals surface area contributed by atoms with Crippen LogP contribution in [0.15, 0.2) is 40.5 Å². The molecule has 2 atom stereocenters. The average Bonchev–Trinajstić information content (AvgIpc) is 3.34. The molecule has 0 N–H and O–H groups in total. The number of hydrogen-bond acceptors (Lipinski definition) is 6. The zero-order valence-electron chi connectivity index (χ0n) is 20.4. The molecule has 1 aromatic rings. The van der Waals surface area contributed by atoms with Gasteiger partial charge in [-0.25, -0.2) is 8.42 Å². The van der Waals surface area contributed by atoms with E-state index in [9.17, 15) is 18.0 Å². The summed E-state index contributed by atoms with van der Waals surface area (Å²) in [6, 6.07) is 3.16. The molecule has 1 fully saturated rings. The number of rotatable bonds is 4. The molecule has 0 bridgehead atoms. The number of nitrogens with zero attached hydrogens (tertiary/aromatic N) is 4. The molecule has 4 heterocycles. The van der Waals surface area contributed by atoms with Crippen LogP contribution in [0.3, 0.4) is 0 Å². The molecular formula is C25H30N4O5S. The van der Waals surface area contributed by atoms with Gasteiger partial charge in [0.15, 0.2) is 11.9 Å². The van der Waals surface area contributed by atoms with Gasteiger partial charge in [0.2, 0.25) is 10.0 Å². The number of carbonyl (C=O) groups excluding carboxylic acids is 2. The number of likely N-dealkylation sites (N-methyl/N-ethyl adjacent to an activating group) is 1. The van der Waals surface area contributed by atoms with Gasteiger partial charge in [0, 0.05) is 45.1 Å². The summed E-state index contributed by atoms with van der Waals surface area (Å²) in [5, 5.41) is 0. The number of aliphatic imine (C=N–C) groups is 1. The van der Waals surface area contributed by atoms with Gasteiger partial charge in [-0.2, -0.15) is 4.31 Å². The van der Waals surface area contributed by atoms with E-state index in [1.54, 1.807) is 32.6 Å². The minimum absolute atomic E-state index is 0.0872. The monoisotopic (exact) mass is 498 g/mol. The van der Waals surface area contributed by atoms with E-state index < -0.39 is 22.0 Å². The highest BCUT2D eigenvalue weighted by molar-refractivity contribution is 7.89. The number of benzene rings is 1. The van der Waals surface area contributed by atoms with E-state index in [-0.39, 0.29) is 22.6 Å².